The summed E-state index contributed by atoms with van der Waals surface area (Å²) in [5, 5.41) is 9.54. The number of rotatable bonds is 6. The SMILES string of the molecule is O=S(=O)(NCC1(C2CC2)CC1)c1ccc(Cl)c(CO)c1. The first-order valence-electron chi connectivity index (χ1n) is 6.86. The molecular formula is C14H18ClNO3S. The van der Waals surface area contributed by atoms with Gasteiger partial charge in [0.1, 0.15) is 0 Å². The average molecular weight is 316 g/mol. The van der Waals surface area contributed by atoms with Crippen LogP contribution in [-0.2, 0) is 16.6 Å². The second kappa shape index (κ2) is 4.98. The van der Waals surface area contributed by atoms with Crippen LogP contribution in [0, 0.1) is 11.3 Å². The zero-order valence-corrected chi connectivity index (χ0v) is 12.7. The highest BCUT2D eigenvalue weighted by Gasteiger charge is 2.53. The Balaban J connectivity index is 1.74. The average Bonchev–Trinajstić information content (AvgIpc) is 3.28. The fraction of sp³-hybridized carbons (Fsp3) is 0.571. The van der Waals surface area contributed by atoms with E-state index in [2.05, 4.69) is 4.72 Å². The van der Waals surface area contributed by atoms with Crippen LogP contribution < -0.4 is 4.72 Å². The van der Waals surface area contributed by atoms with Crippen molar-refractivity contribution >= 4 is 21.6 Å². The first-order valence-corrected chi connectivity index (χ1v) is 8.72. The van der Waals surface area contributed by atoms with Gasteiger partial charge in [-0.3, -0.25) is 0 Å². The van der Waals surface area contributed by atoms with Gasteiger partial charge in [0.2, 0.25) is 10.0 Å². The highest BCUT2D eigenvalue weighted by molar-refractivity contribution is 7.89. The quantitative estimate of drug-likeness (QED) is 0.846. The van der Waals surface area contributed by atoms with Crippen molar-refractivity contribution in [2.24, 2.45) is 11.3 Å². The molecule has 0 heterocycles. The zero-order chi connectivity index (χ0) is 14.4. The van der Waals surface area contributed by atoms with E-state index in [0.29, 0.717) is 23.0 Å². The fourth-order valence-corrected chi connectivity index (χ4v) is 4.11. The van der Waals surface area contributed by atoms with Gasteiger partial charge in [0.25, 0.3) is 0 Å². The molecule has 2 saturated carbocycles. The van der Waals surface area contributed by atoms with Gasteiger partial charge in [-0.25, -0.2) is 13.1 Å². The summed E-state index contributed by atoms with van der Waals surface area (Å²) in [5.74, 6) is 0.712. The number of aliphatic hydroxyl groups excluding tert-OH is 1. The molecule has 0 amide bonds. The van der Waals surface area contributed by atoms with Gasteiger partial charge in [0.05, 0.1) is 11.5 Å². The third-order valence-electron chi connectivity index (χ3n) is 4.45. The molecule has 0 spiro atoms. The van der Waals surface area contributed by atoms with Crippen molar-refractivity contribution in [3.05, 3.63) is 28.8 Å². The van der Waals surface area contributed by atoms with Gasteiger partial charge < -0.3 is 5.11 Å². The summed E-state index contributed by atoms with van der Waals surface area (Å²) in [6.07, 6.45) is 4.72. The Kier molecular flexibility index (Phi) is 3.57. The third-order valence-corrected chi connectivity index (χ3v) is 6.22. The smallest absolute Gasteiger partial charge is 0.240 e. The van der Waals surface area contributed by atoms with Crippen molar-refractivity contribution in [1.82, 2.24) is 4.72 Å². The third kappa shape index (κ3) is 2.72. The van der Waals surface area contributed by atoms with Gasteiger partial charge in [-0.1, -0.05) is 11.6 Å². The molecule has 20 heavy (non-hydrogen) atoms. The largest absolute Gasteiger partial charge is 0.392 e. The van der Waals surface area contributed by atoms with Crippen LogP contribution in [0.2, 0.25) is 5.02 Å². The summed E-state index contributed by atoms with van der Waals surface area (Å²) in [6.45, 7) is 0.255. The Hall–Kier alpha value is -0.620. The first kappa shape index (κ1) is 14.3. The molecule has 2 N–H and O–H groups in total. The van der Waals surface area contributed by atoms with E-state index >= 15 is 0 Å². The molecule has 3 rings (SSSR count). The molecule has 0 bridgehead atoms. The molecule has 6 heteroatoms. The Labute approximate surface area is 124 Å². The minimum Gasteiger partial charge on any atom is -0.392 e. The standard InChI is InChI=1S/C14H18ClNO3S/c15-13-4-3-12(7-10(13)8-17)20(18,19)16-9-14(5-6-14)11-1-2-11/h3-4,7,11,16-17H,1-2,5-6,8-9H2. The Bertz CT molecular complexity index is 621. The normalized spacial score (nSPS) is 20.9. The van der Waals surface area contributed by atoms with E-state index in [0.717, 1.165) is 12.8 Å². The van der Waals surface area contributed by atoms with Gasteiger partial charge in [-0.05, 0) is 60.8 Å². The lowest BCUT2D eigenvalue weighted by molar-refractivity contribution is 0.281. The molecule has 0 aliphatic heterocycles. The second-order valence-corrected chi connectivity index (χ2v) is 8.05. The fourth-order valence-electron chi connectivity index (χ4n) is 2.75. The molecule has 0 aromatic heterocycles. The minimum atomic E-state index is -3.53. The maximum Gasteiger partial charge on any atom is 0.240 e. The molecule has 4 nitrogen and oxygen atoms in total. The molecule has 0 atom stereocenters. The molecule has 1 aromatic carbocycles. The second-order valence-electron chi connectivity index (χ2n) is 5.87. The molecule has 0 radical (unpaired) electrons. The minimum absolute atomic E-state index is 0.164. The molecule has 0 saturated heterocycles. The summed E-state index contributed by atoms with van der Waals surface area (Å²) in [6, 6.07) is 4.41. The number of benzene rings is 1. The summed E-state index contributed by atoms with van der Waals surface area (Å²) in [7, 11) is -3.53. The van der Waals surface area contributed by atoms with Gasteiger partial charge in [0.15, 0.2) is 0 Å². The van der Waals surface area contributed by atoms with E-state index < -0.39 is 10.0 Å². The van der Waals surface area contributed by atoms with Crippen molar-refractivity contribution < 1.29 is 13.5 Å². The number of halogens is 1. The Morgan fingerprint density at radius 3 is 2.60 bits per heavy atom. The molecule has 1 aromatic rings. The van der Waals surface area contributed by atoms with E-state index in [9.17, 15) is 8.42 Å². The van der Waals surface area contributed by atoms with Gasteiger partial charge in [-0.2, -0.15) is 0 Å². The number of aliphatic hydroxyl groups is 1. The van der Waals surface area contributed by atoms with Crippen LogP contribution in [-0.4, -0.2) is 20.1 Å². The number of sulfonamides is 1. The highest BCUT2D eigenvalue weighted by atomic mass is 35.5. The molecule has 2 fully saturated rings. The summed E-state index contributed by atoms with van der Waals surface area (Å²) >= 11 is 5.88. The van der Waals surface area contributed by atoms with Crippen LogP contribution in [0.25, 0.3) is 0 Å². The maximum absolute atomic E-state index is 12.3. The number of hydrogen-bond acceptors (Lipinski definition) is 3. The Morgan fingerprint density at radius 1 is 1.35 bits per heavy atom. The van der Waals surface area contributed by atoms with E-state index in [4.69, 9.17) is 16.7 Å². The Morgan fingerprint density at radius 2 is 2.05 bits per heavy atom. The van der Waals surface area contributed by atoms with E-state index in [1.165, 1.54) is 31.0 Å². The van der Waals surface area contributed by atoms with Crippen LogP contribution in [0.1, 0.15) is 31.2 Å². The molecule has 110 valence electrons. The highest BCUT2D eigenvalue weighted by Crippen LogP contribution is 2.60. The molecule has 2 aliphatic carbocycles. The number of nitrogens with one attached hydrogen (secondary N) is 1. The lowest BCUT2D eigenvalue weighted by Crippen LogP contribution is -2.31. The van der Waals surface area contributed by atoms with E-state index in [1.807, 2.05) is 0 Å². The monoisotopic (exact) mass is 315 g/mol. The van der Waals surface area contributed by atoms with Crippen LogP contribution in [0.15, 0.2) is 23.1 Å². The van der Waals surface area contributed by atoms with Crippen molar-refractivity contribution in [3.63, 3.8) is 0 Å². The van der Waals surface area contributed by atoms with Crippen LogP contribution >= 0.6 is 11.6 Å². The van der Waals surface area contributed by atoms with Crippen molar-refractivity contribution in [2.75, 3.05) is 6.54 Å². The van der Waals surface area contributed by atoms with Crippen LogP contribution in [0.4, 0.5) is 0 Å². The first-order chi connectivity index (χ1) is 9.47. The number of hydrogen-bond donors (Lipinski definition) is 2. The maximum atomic E-state index is 12.3. The van der Waals surface area contributed by atoms with E-state index in [1.54, 1.807) is 0 Å². The predicted molar refractivity (Wildman–Crippen MR) is 77.0 cm³/mol. The van der Waals surface area contributed by atoms with Crippen LogP contribution in [0.3, 0.4) is 0 Å². The van der Waals surface area contributed by atoms with Gasteiger partial charge >= 0.3 is 0 Å². The molecule has 0 unspecified atom stereocenters. The topological polar surface area (TPSA) is 66.4 Å². The zero-order valence-electron chi connectivity index (χ0n) is 11.1. The molecular weight excluding hydrogens is 298 g/mol. The van der Waals surface area contributed by atoms with Crippen molar-refractivity contribution in [1.29, 1.82) is 0 Å². The van der Waals surface area contributed by atoms with Crippen molar-refractivity contribution in [2.45, 2.75) is 37.2 Å². The van der Waals surface area contributed by atoms with Gasteiger partial charge in [0, 0.05) is 11.6 Å². The summed E-state index contributed by atoms with van der Waals surface area (Å²) < 4.78 is 27.3. The van der Waals surface area contributed by atoms with Crippen molar-refractivity contribution in [3.8, 4) is 0 Å². The lowest BCUT2D eigenvalue weighted by atomic mass is 10.0. The summed E-state index contributed by atoms with van der Waals surface area (Å²) in [5.41, 5.74) is 0.650. The molecule has 2 aliphatic rings. The van der Waals surface area contributed by atoms with Gasteiger partial charge in [-0.15, -0.1) is 0 Å². The summed E-state index contributed by atoms with van der Waals surface area (Å²) in [4.78, 5) is 0.164. The lowest BCUT2D eigenvalue weighted by Gasteiger charge is -2.15. The predicted octanol–water partition coefficient (Wildman–Crippen LogP) is 2.30. The van der Waals surface area contributed by atoms with Crippen LogP contribution in [0.5, 0.6) is 0 Å². The van der Waals surface area contributed by atoms with E-state index in [-0.39, 0.29) is 16.9 Å².